The van der Waals surface area contributed by atoms with E-state index in [9.17, 15) is 15.0 Å². The number of aliphatic hydroxyl groups is 2. The minimum absolute atomic E-state index is 0.0139. The van der Waals surface area contributed by atoms with Crippen LogP contribution in [-0.2, 0) is 9.53 Å². The van der Waals surface area contributed by atoms with Crippen molar-refractivity contribution in [3.63, 3.8) is 0 Å². The highest BCUT2D eigenvalue weighted by Crippen LogP contribution is 2.71. The highest BCUT2D eigenvalue weighted by molar-refractivity contribution is 5.86. The molecule has 0 radical (unpaired) electrons. The van der Waals surface area contributed by atoms with E-state index >= 15 is 0 Å². The minimum Gasteiger partial charge on any atom is -0.389 e. The molecule has 38 heavy (non-hydrogen) atoms. The number of hydrogen-bond acceptors (Lipinski definition) is 4. The summed E-state index contributed by atoms with van der Waals surface area (Å²) >= 11 is 0. The lowest BCUT2D eigenvalue weighted by atomic mass is 9.35. The molecule has 0 aromatic heterocycles. The summed E-state index contributed by atoms with van der Waals surface area (Å²) in [5.74, 6) is 3.09. The molecule has 11 unspecified atom stereocenters. The fourth-order valence-electron chi connectivity index (χ4n) is 11.7. The first-order valence-electron chi connectivity index (χ1n) is 16.0. The molecule has 4 fully saturated rings. The zero-order valence-corrected chi connectivity index (χ0v) is 25.6. The molecule has 0 heterocycles. The van der Waals surface area contributed by atoms with Gasteiger partial charge < -0.3 is 14.9 Å². The topological polar surface area (TPSA) is 66.8 Å². The van der Waals surface area contributed by atoms with Crippen molar-refractivity contribution in [2.75, 3.05) is 6.61 Å². The Morgan fingerprint density at radius 2 is 1.68 bits per heavy atom. The molecule has 4 nitrogen and oxygen atoms in total. The largest absolute Gasteiger partial charge is 0.389 e. The zero-order chi connectivity index (χ0) is 27.8. The summed E-state index contributed by atoms with van der Waals surface area (Å²) in [7, 11) is 0. The smallest absolute Gasteiger partial charge is 0.140 e. The predicted molar refractivity (Wildman–Crippen MR) is 152 cm³/mol. The van der Waals surface area contributed by atoms with E-state index < -0.39 is 17.6 Å². The Bertz CT molecular complexity index is 946. The lowest BCUT2D eigenvalue weighted by Crippen LogP contribution is -2.67. The van der Waals surface area contributed by atoms with Gasteiger partial charge in [-0.05, 0) is 125 Å². The second kappa shape index (κ2) is 9.98. The molecule has 2 N–H and O–H groups in total. The first-order chi connectivity index (χ1) is 17.8. The maximum atomic E-state index is 14.7. The Labute approximate surface area is 232 Å². The van der Waals surface area contributed by atoms with E-state index in [0.29, 0.717) is 29.6 Å². The molecule has 4 heteroatoms. The van der Waals surface area contributed by atoms with Crippen LogP contribution in [0.3, 0.4) is 0 Å². The summed E-state index contributed by atoms with van der Waals surface area (Å²) in [6.07, 6.45) is 9.44. The molecule has 0 amide bonds. The third kappa shape index (κ3) is 4.13. The van der Waals surface area contributed by atoms with Gasteiger partial charge in [0.25, 0.3) is 0 Å². The summed E-state index contributed by atoms with van der Waals surface area (Å²) in [6.45, 7) is 18.5. The van der Waals surface area contributed by atoms with Gasteiger partial charge in [-0.1, -0.05) is 40.2 Å². The SMILES string of the molecule is CCOC1CCC(C2CCC(C)C3C(=O)C4C(C)C5(C)C(O)C(C(C)O)=C(C)CC5(C)CC4(C)CC23)CC1. The van der Waals surface area contributed by atoms with Gasteiger partial charge in [-0.25, -0.2) is 0 Å². The van der Waals surface area contributed by atoms with E-state index in [1.165, 1.54) is 38.5 Å². The van der Waals surface area contributed by atoms with E-state index in [4.69, 9.17) is 4.74 Å². The maximum Gasteiger partial charge on any atom is 0.140 e. The number of ether oxygens (including phenoxy) is 1. The third-order valence-electron chi connectivity index (χ3n) is 13.4. The summed E-state index contributed by atoms with van der Waals surface area (Å²) in [5.41, 5.74) is 1.39. The highest BCUT2D eigenvalue weighted by Gasteiger charge is 2.69. The van der Waals surface area contributed by atoms with Crippen molar-refractivity contribution in [1.82, 2.24) is 0 Å². The molecule has 5 rings (SSSR count). The van der Waals surface area contributed by atoms with Crippen molar-refractivity contribution >= 4 is 5.78 Å². The number of rotatable bonds is 4. The van der Waals surface area contributed by atoms with Crippen LogP contribution in [0.15, 0.2) is 11.1 Å². The van der Waals surface area contributed by atoms with E-state index in [2.05, 4.69) is 48.5 Å². The van der Waals surface area contributed by atoms with Gasteiger partial charge in [0, 0.05) is 23.9 Å². The summed E-state index contributed by atoms with van der Waals surface area (Å²) < 4.78 is 5.97. The number of fused-ring (bicyclic) bond motifs is 3. The van der Waals surface area contributed by atoms with Crippen molar-refractivity contribution in [3.05, 3.63) is 11.1 Å². The van der Waals surface area contributed by atoms with Gasteiger partial charge >= 0.3 is 0 Å². The van der Waals surface area contributed by atoms with Crippen molar-refractivity contribution < 1.29 is 19.7 Å². The Hall–Kier alpha value is -0.710. The maximum absolute atomic E-state index is 14.7. The molecule has 4 saturated carbocycles. The van der Waals surface area contributed by atoms with Gasteiger partial charge in [0.15, 0.2) is 0 Å². The van der Waals surface area contributed by atoms with Gasteiger partial charge in [0.05, 0.1) is 18.3 Å². The Morgan fingerprint density at radius 3 is 2.29 bits per heavy atom. The van der Waals surface area contributed by atoms with Gasteiger partial charge in [0.1, 0.15) is 5.78 Å². The zero-order valence-electron chi connectivity index (χ0n) is 25.6. The molecule has 0 saturated heterocycles. The first-order valence-corrected chi connectivity index (χ1v) is 16.0. The van der Waals surface area contributed by atoms with E-state index in [1.807, 2.05) is 0 Å². The van der Waals surface area contributed by atoms with Crippen LogP contribution < -0.4 is 0 Å². The number of Topliss-reactive ketones (excluding diaryl/α,β-unsaturated/α-hetero) is 1. The van der Waals surface area contributed by atoms with Crippen molar-refractivity contribution in [3.8, 4) is 0 Å². The van der Waals surface area contributed by atoms with Gasteiger partial charge in [-0.2, -0.15) is 0 Å². The average Bonchev–Trinajstić information content (AvgIpc) is 2.82. The second-order valence-corrected chi connectivity index (χ2v) is 15.4. The second-order valence-electron chi connectivity index (χ2n) is 15.4. The number of carbonyl (C=O) groups excluding carboxylic acids is 1. The molecule has 0 aromatic carbocycles. The quantitative estimate of drug-likeness (QED) is 0.387. The summed E-state index contributed by atoms with van der Waals surface area (Å²) in [6, 6.07) is 0. The molecule has 5 aliphatic carbocycles. The highest BCUT2D eigenvalue weighted by atomic mass is 16.5. The van der Waals surface area contributed by atoms with Crippen LogP contribution in [-0.4, -0.2) is 40.9 Å². The number of allylic oxidation sites excluding steroid dienone is 1. The molecule has 0 aliphatic heterocycles. The number of ketones is 1. The van der Waals surface area contributed by atoms with Crippen LogP contribution in [0.2, 0.25) is 0 Å². The number of carbonyl (C=O) groups is 1. The van der Waals surface area contributed by atoms with E-state index in [-0.39, 0.29) is 28.6 Å². The fourth-order valence-corrected chi connectivity index (χ4v) is 11.7. The van der Waals surface area contributed by atoms with Gasteiger partial charge in [-0.15, -0.1) is 0 Å². The lowest BCUT2D eigenvalue weighted by Gasteiger charge is -2.69. The Morgan fingerprint density at radius 1 is 1.03 bits per heavy atom. The van der Waals surface area contributed by atoms with Crippen LogP contribution in [0.25, 0.3) is 0 Å². The molecule has 0 bridgehead atoms. The van der Waals surface area contributed by atoms with Crippen LogP contribution in [0.4, 0.5) is 0 Å². The first kappa shape index (κ1) is 28.8. The molecular weight excluding hydrogens is 472 g/mol. The Balaban J connectivity index is 1.48. The molecule has 0 spiro atoms. The van der Waals surface area contributed by atoms with Crippen LogP contribution >= 0.6 is 0 Å². The third-order valence-corrected chi connectivity index (χ3v) is 13.4. The van der Waals surface area contributed by atoms with Crippen molar-refractivity contribution in [1.29, 1.82) is 0 Å². The molecule has 216 valence electrons. The van der Waals surface area contributed by atoms with Crippen molar-refractivity contribution in [2.24, 2.45) is 57.7 Å². The summed E-state index contributed by atoms with van der Waals surface area (Å²) in [5, 5.41) is 22.5. The monoisotopic (exact) mass is 528 g/mol. The van der Waals surface area contributed by atoms with Gasteiger partial charge in [0.2, 0.25) is 0 Å². The average molecular weight is 529 g/mol. The van der Waals surface area contributed by atoms with Crippen molar-refractivity contribution in [2.45, 2.75) is 131 Å². The Kier molecular flexibility index (Phi) is 7.57. The van der Waals surface area contributed by atoms with E-state index in [1.54, 1.807) is 6.92 Å². The molecule has 5 aliphatic rings. The fraction of sp³-hybridized carbons (Fsp3) is 0.912. The van der Waals surface area contributed by atoms with E-state index in [0.717, 1.165) is 42.9 Å². The van der Waals surface area contributed by atoms with Crippen LogP contribution in [0.5, 0.6) is 0 Å². The molecule has 11 atom stereocenters. The van der Waals surface area contributed by atoms with Crippen LogP contribution in [0, 0.1) is 57.7 Å². The predicted octanol–water partition coefficient (Wildman–Crippen LogP) is 6.97. The summed E-state index contributed by atoms with van der Waals surface area (Å²) in [4.78, 5) is 14.7. The lowest BCUT2D eigenvalue weighted by molar-refractivity contribution is -0.210. The normalized spacial score (nSPS) is 52.2. The minimum atomic E-state index is -0.705. The number of aliphatic hydroxyl groups excluding tert-OH is 2. The standard InChI is InChI=1S/C34H56O4/c1-9-38-24-13-11-23(12-14-24)25-15-10-19(2)28-26(25)17-32(6)18-33(7)16-20(3)27(22(5)35)31(37)34(33,8)21(4)29(32)30(28)36/h19,21-26,28-29,31,35,37H,9-18H2,1-8H3. The molecular formula is C34H56O4. The molecule has 0 aromatic rings. The number of hydrogen-bond donors (Lipinski definition) is 2. The van der Waals surface area contributed by atoms with Gasteiger partial charge in [-0.3, -0.25) is 4.79 Å². The van der Waals surface area contributed by atoms with Crippen LogP contribution in [0.1, 0.15) is 113 Å².